The van der Waals surface area contributed by atoms with Gasteiger partial charge < -0.3 is 14.7 Å². The maximum Gasteiger partial charge on any atom is 0.236 e. The minimum Gasteiger partial charge on any atom is -0.339 e. The zero-order chi connectivity index (χ0) is 18.4. The molecule has 7 heteroatoms. The van der Waals surface area contributed by atoms with Gasteiger partial charge in [0.1, 0.15) is 0 Å². The van der Waals surface area contributed by atoms with Gasteiger partial charge in [-0.2, -0.15) is 4.98 Å². The summed E-state index contributed by atoms with van der Waals surface area (Å²) in [5.41, 5.74) is 2.19. The molecule has 1 aromatic carbocycles. The van der Waals surface area contributed by atoms with Gasteiger partial charge in [-0.05, 0) is 26.9 Å². The van der Waals surface area contributed by atoms with Crippen molar-refractivity contribution in [1.82, 2.24) is 25.3 Å². The molecule has 140 valence electrons. The molecule has 1 saturated heterocycles. The van der Waals surface area contributed by atoms with Crippen LogP contribution in [0.1, 0.15) is 17.9 Å². The molecule has 2 aromatic rings. The van der Waals surface area contributed by atoms with Crippen LogP contribution < -0.4 is 5.32 Å². The van der Waals surface area contributed by atoms with Crippen molar-refractivity contribution in [2.24, 2.45) is 0 Å². The number of likely N-dealkylation sites (N-methyl/N-ethyl adjacent to an activating group) is 1. The molecule has 0 atom stereocenters. The number of nitrogens with zero attached hydrogens (tertiary/aromatic N) is 4. The van der Waals surface area contributed by atoms with Crippen molar-refractivity contribution in [2.75, 3.05) is 46.3 Å². The molecular weight excluding hydrogens is 330 g/mol. The summed E-state index contributed by atoms with van der Waals surface area (Å²) < 4.78 is 5.37. The smallest absolute Gasteiger partial charge is 0.236 e. The SMILES string of the molecule is CNCC(=O)N1CCN(CCCc2nc(-c3ccc(C)cc3)no2)CC1. The van der Waals surface area contributed by atoms with Crippen LogP contribution in [-0.2, 0) is 11.2 Å². The maximum absolute atomic E-state index is 11.9. The Morgan fingerprint density at radius 1 is 1.19 bits per heavy atom. The summed E-state index contributed by atoms with van der Waals surface area (Å²) in [6.45, 7) is 6.91. The standard InChI is InChI=1S/C19H27N5O2/c1-15-5-7-16(8-6-15)19-21-17(26-22-19)4-3-9-23-10-12-24(13-11-23)18(25)14-20-2/h5-8,20H,3-4,9-14H2,1-2H3. The van der Waals surface area contributed by atoms with Crippen molar-refractivity contribution in [2.45, 2.75) is 19.8 Å². The Morgan fingerprint density at radius 2 is 1.92 bits per heavy atom. The second-order valence-electron chi connectivity index (χ2n) is 6.73. The van der Waals surface area contributed by atoms with E-state index >= 15 is 0 Å². The van der Waals surface area contributed by atoms with E-state index in [1.807, 2.05) is 29.2 Å². The van der Waals surface area contributed by atoms with Crippen molar-refractivity contribution in [3.05, 3.63) is 35.7 Å². The Balaban J connectivity index is 1.41. The predicted octanol–water partition coefficient (Wildman–Crippen LogP) is 1.34. The molecular formula is C19H27N5O2. The highest BCUT2D eigenvalue weighted by atomic mass is 16.5. The first-order valence-electron chi connectivity index (χ1n) is 9.20. The highest BCUT2D eigenvalue weighted by molar-refractivity contribution is 5.78. The molecule has 1 amide bonds. The lowest BCUT2D eigenvalue weighted by Crippen LogP contribution is -2.50. The molecule has 1 aliphatic heterocycles. The van der Waals surface area contributed by atoms with Gasteiger partial charge in [0, 0.05) is 38.2 Å². The van der Waals surface area contributed by atoms with Crippen molar-refractivity contribution in [3.63, 3.8) is 0 Å². The summed E-state index contributed by atoms with van der Waals surface area (Å²) in [7, 11) is 1.80. The minimum atomic E-state index is 0.182. The third-order valence-corrected chi connectivity index (χ3v) is 4.70. The minimum absolute atomic E-state index is 0.182. The van der Waals surface area contributed by atoms with E-state index in [4.69, 9.17) is 4.52 Å². The summed E-state index contributed by atoms with van der Waals surface area (Å²) in [4.78, 5) is 20.7. The van der Waals surface area contributed by atoms with Gasteiger partial charge in [-0.15, -0.1) is 0 Å². The van der Waals surface area contributed by atoms with Gasteiger partial charge in [0.25, 0.3) is 0 Å². The van der Waals surface area contributed by atoms with Gasteiger partial charge in [0.05, 0.1) is 6.54 Å². The topological polar surface area (TPSA) is 74.5 Å². The lowest BCUT2D eigenvalue weighted by atomic mass is 10.1. The maximum atomic E-state index is 11.9. The molecule has 0 saturated carbocycles. The van der Waals surface area contributed by atoms with Gasteiger partial charge in [-0.25, -0.2) is 0 Å². The highest BCUT2D eigenvalue weighted by Crippen LogP contribution is 2.17. The third kappa shape index (κ3) is 4.89. The molecule has 1 aliphatic rings. The zero-order valence-corrected chi connectivity index (χ0v) is 15.6. The van der Waals surface area contributed by atoms with E-state index in [1.54, 1.807) is 7.05 Å². The average molecular weight is 357 g/mol. The molecule has 1 fully saturated rings. The summed E-state index contributed by atoms with van der Waals surface area (Å²) >= 11 is 0. The number of aryl methyl sites for hydroxylation is 2. The van der Waals surface area contributed by atoms with Crippen LogP contribution in [0, 0.1) is 6.92 Å². The van der Waals surface area contributed by atoms with Crippen LogP contribution in [0.5, 0.6) is 0 Å². The van der Waals surface area contributed by atoms with E-state index in [1.165, 1.54) is 5.56 Å². The average Bonchev–Trinajstić information content (AvgIpc) is 3.12. The molecule has 0 radical (unpaired) electrons. The number of piperazine rings is 1. The van der Waals surface area contributed by atoms with Crippen LogP contribution in [0.3, 0.4) is 0 Å². The lowest BCUT2D eigenvalue weighted by Gasteiger charge is -2.34. The number of hydrogen-bond donors (Lipinski definition) is 1. The lowest BCUT2D eigenvalue weighted by molar-refractivity contribution is -0.131. The van der Waals surface area contributed by atoms with Crippen LogP contribution in [0.4, 0.5) is 0 Å². The number of benzene rings is 1. The Labute approximate surface area is 154 Å². The molecule has 7 nitrogen and oxygen atoms in total. The van der Waals surface area contributed by atoms with Crippen LogP contribution in [0.2, 0.25) is 0 Å². The number of carbonyl (C=O) groups excluding carboxylic acids is 1. The van der Waals surface area contributed by atoms with Crippen LogP contribution in [0.15, 0.2) is 28.8 Å². The highest BCUT2D eigenvalue weighted by Gasteiger charge is 2.20. The molecule has 0 unspecified atom stereocenters. The summed E-state index contributed by atoms with van der Waals surface area (Å²) in [5, 5.41) is 7.00. The fraction of sp³-hybridized carbons (Fsp3) is 0.526. The van der Waals surface area contributed by atoms with E-state index < -0.39 is 0 Å². The first kappa shape index (κ1) is 18.5. The van der Waals surface area contributed by atoms with Gasteiger partial charge in [0.15, 0.2) is 0 Å². The number of nitrogens with one attached hydrogen (secondary N) is 1. The second-order valence-corrected chi connectivity index (χ2v) is 6.73. The summed E-state index contributed by atoms with van der Waals surface area (Å²) in [6.07, 6.45) is 1.75. The van der Waals surface area contributed by atoms with Crippen LogP contribution >= 0.6 is 0 Å². The molecule has 1 N–H and O–H groups in total. The van der Waals surface area contributed by atoms with Crippen molar-refractivity contribution >= 4 is 5.91 Å². The largest absolute Gasteiger partial charge is 0.339 e. The monoisotopic (exact) mass is 357 g/mol. The molecule has 1 aromatic heterocycles. The fourth-order valence-corrected chi connectivity index (χ4v) is 3.11. The van der Waals surface area contributed by atoms with Gasteiger partial charge in [-0.1, -0.05) is 35.0 Å². The van der Waals surface area contributed by atoms with Gasteiger partial charge in [-0.3, -0.25) is 9.69 Å². The van der Waals surface area contributed by atoms with Crippen molar-refractivity contribution < 1.29 is 9.32 Å². The number of carbonyl (C=O) groups is 1. The number of hydrogen-bond acceptors (Lipinski definition) is 6. The Hall–Kier alpha value is -2.25. The molecule has 3 rings (SSSR count). The van der Waals surface area contributed by atoms with Gasteiger partial charge >= 0.3 is 0 Å². The quantitative estimate of drug-likeness (QED) is 0.806. The third-order valence-electron chi connectivity index (χ3n) is 4.70. The number of aromatic nitrogens is 2. The van der Waals surface area contributed by atoms with E-state index in [-0.39, 0.29) is 5.91 Å². The summed E-state index contributed by atoms with van der Waals surface area (Å²) in [5.74, 6) is 1.52. The Bertz CT molecular complexity index is 705. The molecule has 0 aliphatic carbocycles. The molecule has 26 heavy (non-hydrogen) atoms. The first-order valence-corrected chi connectivity index (χ1v) is 9.20. The zero-order valence-electron chi connectivity index (χ0n) is 15.6. The second kappa shape index (κ2) is 8.91. The Morgan fingerprint density at radius 3 is 2.62 bits per heavy atom. The fourth-order valence-electron chi connectivity index (χ4n) is 3.11. The molecule has 2 heterocycles. The van der Waals surface area contributed by atoms with E-state index in [2.05, 4.69) is 27.3 Å². The molecule has 0 spiro atoms. The van der Waals surface area contributed by atoms with E-state index in [0.717, 1.165) is 51.1 Å². The molecule has 0 bridgehead atoms. The predicted molar refractivity (Wildman–Crippen MR) is 99.7 cm³/mol. The van der Waals surface area contributed by atoms with E-state index in [0.29, 0.717) is 18.3 Å². The Kier molecular flexibility index (Phi) is 6.35. The van der Waals surface area contributed by atoms with E-state index in [9.17, 15) is 4.79 Å². The van der Waals surface area contributed by atoms with Crippen molar-refractivity contribution in [1.29, 1.82) is 0 Å². The van der Waals surface area contributed by atoms with Crippen LogP contribution in [0.25, 0.3) is 11.4 Å². The number of rotatable bonds is 7. The van der Waals surface area contributed by atoms with Gasteiger partial charge in [0.2, 0.25) is 17.6 Å². The first-order chi connectivity index (χ1) is 12.7. The van der Waals surface area contributed by atoms with Crippen molar-refractivity contribution in [3.8, 4) is 11.4 Å². The summed E-state index contributed by atoms with van der Waals surface area (Å²) in [6, 6.07) is 8.12. The van der Waals surface area contributed by atoms with Crippen LogP contribution in [-0.4, -0.2) is 72.2 Å². The number of amides is 1. The normalized spacial score (nSPS) is 15.4.